The third-order valence-corrected chi connectivity index (χ3v) is 7.13. The molecule has 10 heteroatoms. The number of hydrogen-bond donors (Lipinski definition) is 3. The number of carbonyl (C=O) groups excluding carboxylic acids is 1. The number of aromatic nitrogens is 2. The van der Waals surface area contributed by atoms with Crippen LogP contribution in [0.3, 0.4) is 0 Å². The van der Waals surface area contributed by atoms with Gasteiger partial charge in [0.25, 0.3) is 5.91 Å². The van der Waals surface area contributed by atoms with Crippen molar-refractivity contribution in [3.05, 3.63) is 51.2 Å². The maximum Gasteiger partial charge on any atom is 0.333 e. The van der Waals surface area contributed by atoms with Gasteiger partial charge in [-0.1, -0.05) is 37.3 Å². The summed E-state index contributed by atoms with van der Waals surface area (Å²) in [5.74, 6) is -0.458. The minimum Gasteiger partial charge on any atom is -0.389 e. The number of aryl methyl sites for hydroxylation is 1. The van der Waals surface area contributed by atoms with Gasteiger partial charge in [-0.05, 0) is 38.0 Å². The van der Waals surface area contributed by atoms with Crippen molar-refractivity contribution >= 4 is 17.5 Å². The van der Waals surface area contributed by atoms with Gasteiger partial charge >= 0.3 is 5.69 Å². The summed E-state index contributed by atoms with van der Waals surface area (Å²) < 4.78 is 13.5. The molecule has 2 heterocycles. The minimum atomic E-state index is -0.943. The van der Waals surface area contributed by atoms with Crippen LogP contribution in [-0.4, -0.2) is 63.5 Å². The van der Waals surface area contributed by atoms with Gasteiger partial charge < -0.3 is 25.0 Å². The Kier molecular flexibility index (Phi) is 8.67. The molecule has 4 rings (SSSR count). The predicted molar refractivity (Wildman–Crippen MR) is 131 cm³/mol. The van der Waals surface area contributed by atoms with Crippen molar-refractivity contribution in [3.8, 4) is 5.69 Å². The maximum absolute atomic E-state index is 13.1. The molecular weight excluding hydrogens is 474 g/mol. The van der Waals surface area contributed by atoms with Crippen molar-refractivity contribution in [1.29, 1.82) is 0 Å². The Morgan fingerprint density at radius 2 is 1.94 bits per heavy atom. The smallest absolute Gasteiger partial charge is 0.333 e. The molecule has 35 heavy (non-hydrogen) atoms. The molecule has 2 aromatic rings. The molecule has 1 saturated heterocycles. The number of hydrogen-bond acceptors (Lipinski definition) is 6. The second kappa shape index (κ2) is 11.7. The molecule has 0 spiro atoms. The monoisotopic (exact) mass is 507 g/mol. The number of rotatable bonds is 9. The average Bonchev–Trinajstić information content (AvgIpc) is 2.99. The van der Waals surface area contributed by atoms with E-state index in [-0.39, 0.29) is 41.4 Å². The lowest BCUT2D eigenvalue weighted by molar-refractivity contribution is -0.144. The van der Waals surface area contributed by atoms with Crippen molar-refractivity contribution in [1.82, 2.24) is 14.5 Å². The SMILES string of the molecule is Cc1cn(-c2ccc(Cl)c(C(=O)NC(O)C3CCCCCC3)c2)c(=O)n1CC(O)COC1COC1. The summed E-state index contributed by atoms with van der Waals surface area (Å²) >= 11 is 6.31. The van der Waals surface area contributed by atoms with E-state index >= 15 is 0 Å². The van der Waals surface area contributed by atoms with E-state index < -0.39 is 18.2 Å². The van der Waals surface area contributed by atoms with Gasteiger partial charge in [0.05, 0.1) is 48.7 Å². The summed E-state index contributed by atoms with van der Waals surface area (Å²) in [5.41, 5.74) is 0.962. The van der Waals surface area contributed by atoms with Crippen molar-refractivity contribution in [2.24, 2.45) is 5.92 Å². The molecule has 2 aliphatic rings. The highest BCUT2D eigenvalue weighted by atomic mass is 35.5. The quantitative estimate of drug-likeness (QED) is 0.354. The minimum absolute atomic E-state index is 0.00761. The number of nitrogens with zero attached hydrogens (tertiary/aromatic N) is 2. The van der Waals surface area contributed by atoms with Crippen LogP contribution in [0.2, 0.25) is 5.02 Å². The fourth-order valence-electron chi connectivity index (χ4n) is 4.61. The standard InChI is InChI=1S/C25H34ClN3O6/c1-16-11-29(25(33)28(16)12-19(30)13-35-20-14-34-15-20)18-8-9-22(26)21(10-18)24(32)27-23(31)17-6-4-2-3-5-7-17/h8-11,17,19-20,23,30-31H,2-7,12-15H2,1H3,(H,27,32). The van der Waals surface area contributed by atoms with Gasteiger partial charge in [-0.25, -0.2) is 4.79 Å². The number of halogens is 1. The molecule has 2 fully saturated rings. The summed E-state index contributed by atoms with van der Waals surface area (Å²) in [7, 11) is 0. The number of imidazole rings is 1. The Balaban J connectivity index is 1.47. The van der Waals surface area contributed by atoms with Crippen molar-refractivity contribution in [2.75, 3.05) is 19.8 Å². The lowest BCUT2D eigenvalue weighted by atomic mass is 9.98. The van der Waals surface area contributed by atoms with Gasteiger partial charge in [-0.3, -0.25) is 13.9 Å². The molecule has 1 aliphatic heterocycles. The molecule has 2 unspecified atom stereocenters. The molecule has 1 aliphatic carbocycles. The first-order valence-corrected chi connectivity index (χ1v) is 12.7. The van der Waals surface area contributed by atoms with Crippen LogP contribution in [0, 0.1) is 12.8 Å². The lowest BCUT2D eigenvalue weighted by Gasteiger charge is -2.27. The van der Waals surface area contributed by atoms with E-state index in [9.17, 15) is 19.8 Å². The lowest BCUT2D eigenvalue weighted by Crippen LogP contribution is -2.40. The molecule has 9 nitrogen and oxygen atoms in total. The van der Waals surface area contributed by atoms with Gasteiger partial charge in [-0.2, -0.15) is 0 Å². The normalized spacial score (nSPS) is 19.1. The van der Waals surface area contributed by atoms with Crippen LogP contribution < -0.4 is 11.0 Å². The number of aliphatic hydroxyl groups is 2. The molecule has 2 atom stereocenters. The van der Waals surface area contributed by atoms with Crippen LogP contribution in [0.4, 0.5) is 0 Å². The average molecular weight is 508 g/mol. The van der Waals surface area contributed by atoms with Crippen molar-refractivity contribution in [2.45, 2.75) is 70.4 Å². The summed E-state index contributed by atoms with van der Waals surface area (Å²) in [6.07, 6.45) is 6.00. The Labute approximate surface area is 209 Å². The summed E-state index contributed by atoms with van der Waals surface area (Å²) in [4.78, 5) is 26.0. The Morgan fingerprint density at radius 3 is 2.60 bits per heavy atom. The Hall–Kier alpha value is -2.17. The fraction of sp³-hybridized carbons (Fsp3) is 0.600. The van der Waals surface area contributed by atoms with E-state index in [2.05, 4.69) is 5.32 Å². The summed E-state index contributed by atoms with van der Waals surface area (Å²) in [6.45, 7) is 3.01. The zero-order valence-electron chi connectivity index (χ0n) is 20.0. The molecular formula is C25H34ClN3O6. The highest BCUT2D eigenvalue weighted by Crippen LogP contribution is 2.26. The van der Waals surface area contributed by atoms with E-state index in [0.29, 0.717) is 24.6 Å². The van der Waals surface area contributed by atoms with E-state index in [4.69, 9.17) is 21.1 Å². The number of benzene rings is 1. The van der Waals surface area contributed by atoms with Crippen LogP contribution >= 0.6 is 11.6 Å². The fourth-order valence-corrected chi connectivity index (χ4v) is 4.82. The second-order valence-corrected chi connectivity index (χ2v) is 9.92. The molecule has 3 N–H and O–H groups in total. The molecule has 0 radical (unpaired) electrons. The van der Waals surface area contributed by atoms with Crippen LogP contribution in [0.25, 0.3) is 5.69 Å². The van der Waals surface area contributed by atoms with Crippen LogP contribution in [0.1, 0.15) is 54.6 Å². The number of carbonyl (C=O) groups is 1. The number of amides is 1. The van der Waals surface area contributed by atoms with E-state index in [1.54, 1.807) is 31.3 Å². The molecule has 192 valence electrons. The van der Waals surface area contributed by atoms with Gasteiger partial charge in [0, 0.05) is 17.8 Å². The first kappa shape index (κ1) is 25.9. The first-order chi connectivity index (χ1) is 16.8. The van der Waals surface area contributed by atoms with Gasteiger partial charge in [0.2, 0.25) is 0 Å². The third kappa shape index (κ3) is 6.34. The van der Waals surface area contributed by atoms with Gasteiger partial charge in [0.1, 0.15) is 12.3 Å². The topological polar surface area (TPSA) is 115 Å². The van der Waals surface area contributed by atoms with Crippen LogP contribution in [0.15, 0.2) is 29.2 Å². The predicted octanol–water partition coefficient (Wildman–Crippen LogP) is 2.40. The van der Waals surface area contributed by atoms with Crippen LogP contribution in [-0.2, 0) is 16.0 Å². The van der Waals surface area contributed by atoms with Crippen molar-refractivity contribution < 1.29 is 24.5 Å². The molecule has 1 aromatic heterocycles. The third-order valence-electron chi connectivity index (χ3n) is 6.80. The first-order valence-electron chi connectivity index (χ1n) is 12.3. The zero-order chi connectivity index (χ0) is 24.9. The largest absolute Gasteiger partial charge is 0.389 e. The van der Waals surface area contributed by atoms with Crippen LogP contribution in [0.5, 0.6) is 0 Å². The Bertz CT molecular complexity index is 1070. The molecule has 1 amide bonds. The van der Waals surface area contributed by atoms with Gasteiger partial charge in [-0.15, -0.1) is 0 Å². The summed E-state index contributed by atoms with van der Waals surface area (Å²) in [6, 6.07) is 4.76. The highest BCUT2D eigenvalue weighted by molar-refractivity contribution is 6.33. The summed E-state index contributed by atoms with van der Waals surface area (Å²) in [5, 5.41) is 23.9. The molecule has 1 aromatic carbocycles. The van der Waals surface area contributed by atoms with Crippen molar-refractivity contribution in [3.63, 3.8) is 0 Å². The van der Waals surface area contributed by atoms with Gasteiger partial charge in [0.15, 0.2) is 0 Å². The highest BCUT2D eigenvalue weighted by Gasteiger charge is 2.24. The van der Waals surface area contributed by atoms with E-state index in [1.165, 1.54) is 9.13 Å². The molecule has 0 bridgehead atoms. The number of ether oxygens (including phenoxy) is 2. The number of aliphatic hydroxyl groups excluding tert-OH is 2. The molecule has 1 saturated carbocycles. The second-order valence-electron chi connectivity index (χ2n) is 9.51. The van der Waals surface area contributed by atoms with E-state index in [0.717, 1.165) is 38.5 Å². The Morgan fingerprint density at radius 1 is 1.23 bits per heavy atom. The number of nitrogens with one attached hydrogen (secondary N) is 1. The maximum atomic E-state index is 13.1. The zero-order valence-corrected chi connectivity index (χ0v) is 20.7. The van der Waals surface area contributed by atoms with E-state index in [1.807, 2.05) is 0 Å².